The molecule has 0 unspecified atom stereocenters. The summed E-state index contributed by atoms with van der Waals surface area (Å²) in [5.74, 6) is 6.06. The number of hydrogen-bond acceptors (Lipinski definition) is 3. The van der Waals surface area contributed by atoms with Crippen molar-refractivity contribution in [1.82, 2.24) is 10.0 Å². The summed E-state index contributed by atoms with van der Waals surface area (Å²) in [5, 5.41) is 6.00. The van der Waals surface area contributed by atoms with E-state index in [4.69, 9.17) is 0 Å². The molecule has 0 aliphatic rings. The summed E-state index contributed by atoms with van der Waals surface area (Å²) in [6.07, 6.45) is 4.92. The molecule has 0 fully saturated rings. The molecule has 0 aliphatic carbocycles. The van der Waals surface area contributed by atoms with Crippen LogP contribution in [0.2, 0.25) is 0 Å². The average molecular weight is 385 g/mol. The minimum Gasteiger partial charge on any atom is -0.307 e. The van der Waals surface area contributed by atoms with Gasteiger partial charge >= 0.3 is 0 Å². The van der Waals surface area contributed by atoms with E-state index in [0.29, 0.717) is 19.4 Å². The zero-order chi connectivity index (χ0) is 19.5. The molecule has 0 aromatic heterocycles. The molecule has 0 saturated heterocycles. The maximum absolute atomic E-state index is 11.5. The van der Waals surface area contributed by atoms with Gasteiger partial charge in [-0.2, -0.15) is 0 Å². The van der Waals surface area contributed by atoms with Crippen molar-refractivity contribution in [2.75, 3.05) is 18.8 Å². The predicted octanol–water partition coefficient (Wildman–Crippen LogP) is 3.77. The Hall–Kier alpha value is -2.13. The number of allylic oxidation sites excluding steroid dienone is 1. The molecule has 1 atom stereocenters. The van der Waals surface area contributed by atoms with Crippen molar-refractivity contribution in [2.45, 2.75) is 32.7 Å². The lowest BCUT2D eigenvalue weighted by molar-refractivity contribution is 0.581. The molecule has 0 radical (unpaired) electrons. The van der Waals surface area contributed by atoms with Gasteiger partial charge in [-0.3, -0.25) is 0 Å². The van der Waals surface area contributed by atoms with Crippen LogP contribution in [0, 0.1) is 11.8 Å². The van der Waals surface area contributed by atoms with E-state index in [2.05, 4.69) is 71.3 Å². The first-order valence-corrected chi connectivity index (χ1v) is 11.0. The minimum absolute atomic E-state index is 0.168. The number of fused-ring (bicyclic) bond motifs is 1. The molecule has 0 saturated carbocycles. The third-order valence-electron chi connectivity index (χ3n) is 4.18. The van der Waals surface area contributed by atoms with E-state index in [0.717, 1.165) is 6.54 Å². The van der Waals surface area contributed by atoms with E-state index in [1.807, 2.05) is 19.1 Å². The molecule has 0 aliphatic heterocycles. The fourth-order valence-corrected chi connectivity index (χ4v) is 3.94. The van der Waals surface area contributed by atoms with Gasteiger partial charge in [0.1, 0.15) is 0 Å². The number of nitrogens with one attached hydrogen (secondary N) is 2. The van der Waals surface area contributed by atoms with Gasteiger partial charge in [0.15, 0.2) is 0 Å². The summed E-state index contributed by atoms with van der Waals surface area (Å²) in [6, 6.07) is 15.0. The average Bonchev–Trinajstić information content (AvgIpc) is 2.66. The number of sulfonamides is 1. The Morgan fingerprint density at radius 1 is 1.15 bits per heavy atom. The van der Waals surface area contributed by atoms with Gasteiger partial charge in [0.2, 0.25) is 10.0 Å². The number of hydrogen-bond donors (Lipinski definition) is 2. The molecular weight excluding hydrogens is 356 g/mol. The third kappa shape index (κ3) is 7.18. The lowest BCUT2D eigenvalue weighted by Crippen LogP contribution is -2.26. The van der Waals surface area contributed by atoms with Gasteiger partial charge < -0.3 is 5.32 Å². The fourth-order valence-electron chi connectivity index (χ4n) is 2.84. The molecular formula is C22H28N2O2S. The van der Waals surface area contributed by atoms with E-state index in [9.17, 15) is 8.42 Å². The first-order chi connectivity index (χ1) is 13.0. The van der Waals surface area contributed by atoms with Crippen LogP contribution in [-0.2, 0) is 10.0 Å². The topological polar surface area (TPSA) is 58.2 Å². The molecule has 2 aromatic rings. The van der Waals surface area contributed by atoms with Crippen molar-refractivity contribution in [2.24, 2.45) is 0 Å². The van der Waals surface area contributed by atoms with E-state index >= 15 is 0 Å². The van der Waals surface area contributed by atoms with Crippen LogP contribution in [0.25, 0.3) is 10.8 Å². The quantitative estimate of drug-likeness (QED) is 0.511. The van der Waals surface area contributed by atoms with Gasteiger partial charge in [-0.15, -0.1) is 0 Å². The van der Waals surface area contributed by atoms with Crippen molar-refractivity contribution in [3.05, 3.63) is 60.2 Å². The highest BCUT2D eigenvalue weighted by Gasteiger charge is 2.07. The van der Waals surface area contributed by atoms with Crippen LogP contribution in [0.5, 0.6) is 0 Å². The van der Waals surface area contributed by atoms with Crippen molar-refractivity contribution in [1.29, 1.82) is 0 Å². The van der Waals surface area contributed by atoms with Gasteiger partial charge in [0, 0.05) is 25.6 Å². The maximum atomic E-state index is 11.5. The van der Waals surface area contributed by atoms with Gasteiger partial charge in [-0.1, -0.05) is 67.3 Å². The van der Waals surface area contributed by atoms with Crippen molar-refractivity contribution >= 4 is 20.8 Å². The molecule has 0 amide bonds. The van der Waals surface area contributed by atoms with Crippen molar-refractivity contribution in [3.8, 4) is 11.8 Å². The molecule has 2 rings (SSSR count). The Kier molecular flexibility index (Phi) is 8.53. The lowest BCUT2D eigenvalue weighted by Gasteiger charge is -2.15. The zero-order valence-corrected chi connectivity index (χ0v) is 16.9. The standard InChI is InChI=1S/C22H28N2O2S/c1-3-18-27(25,26)24-17-10-6-4-5-9-16-23-19(2)21-15-11-13-20-12-7-8-14-22(20)21/h5,7-9,11-15,19,23-24H,3,10,16-18H2,1-2H3/b9-5+/t19-/m1/s1. The molecule has 2 N–H and O–H groups in total. The van der Waals surface area contributed by atoms with Crippen LogP contribution >= 0.6 is 0 Å². The van der Waals surface area contributed by atoms with E-state index in [1.54, 1.807) is 0 Å². The molecule has 0 bridgehead atoms. The Labute approximate surface area is 163 Å². The lowest BCUT2D eigenvalue weighted by atomic mass is 10.00. The monoisotopic (exact) mass is 384 g/mol. The summed E-state index contributed by atoms with van der Waals surface area (Å²) >= 11 is 0. The predicted molar refractivity (Wildman–Crippen MR) is 114 cm³/mol. The van der Waals surface area contributed by atoms with Crippen LogP contribution < -0.4 is 10.0 Å². The normalized spacial score (nSPS) is 12.8. The van der Waals surface area contributed by atoms with Crippen LogP contribution in [0.15, 0.2) is 54.6 Å². The first kappa shape index (κ1) is 21.2. The zero-order valence-electron chi connectivity index (χ0n) is 16.0. The molecule has 0 heterocycles. The molecule has 144 valence electrons. The van der Waals surface area contributed by atoms with Crippen LogP contribution in [0.4, 0.5) is 0 Å². The summed E-state index contributed by atoms with van der Waals surface area (Å²) in [7, 11) is -3.13. The second-order valence-electron chi connectivity index (χ2n) is 6.39. The summed E-state index contributed by atoms with van der Waals surface area (Å²) < 4.78 is 25.5. The first-order valence-electron chi connectivity index (χ1n) is 9.35. The molecule has 0 spiro atoms. The highest BCUT2D eigenvalue weighted by Crippen LogP contribution is 2.23. The van der Waals surface area contributed by atoms with Crippen LogP contribution in [0.3, 0.4) is 0 Å². The van der Waals surface area contributed by atoms with Gasteiger partial charge in [0.05, 0.1) is 5.75 Å². The largest absolute Gasteiger partial charge is 0.307 e. The Balaban J connectivity index is 1.75. The number of rotatable bonds is 9. The SMILES string of the molecule is CCCS(=O)(=O)NCCC#C/C=C/CN[C@H](C)c1cccc2ccccc12. The fraction of sp³-hybridized carbons (Fsp3) is 0.364. The highest BCUT2D eigenvalue weighted by atomic mass is 32.2. The Morgan fingerprint density at radius 2 is 1.93 bits per heavy atom. The molecule has 4 nitrogen and oxygen atoms in total. The highest BCUT2D eigenvalue weighted by molar-refractivity contribution is 7.89. The molecule has 27 heavy (non-hydrogen) atoms. The summed E-state index contributed by atoms with van der Waals surface area (Å²) in [6.45, 7) is 5.09. The van der Waals surface area contributed by atoms with Gasteiger partial charge in [-0.25, -0.2) is 13.1 Å². The summed E-state index contributed by atoms with van der Waals surface area (Å²) in [5.41, 5.74) is 1.28. The molecule has 2 aromatic carbocycles. The smallest absolute Gasteiger partial charge is 0.211 e. The second kappa shape index (κ2) is 10.9. The maximum Gasteiger partial charge on any atom is 0.211 e. The molecule has 5 heteroatoms. The van der Waals surface area contributed by atoms with Crippen molar-refractivity contribution < 1.29 is 8.42 Å². The summed E-state index contributed by atoms with van der Waals surface area (Å²) in [4.78, 5) is 0. The number of benzene rings is 2. The Bertz CT molecular complexity index is 919. The second-order valence-corrected chi connectivity index (χ2v) is 8.31. The third-order valence-corrected chi connectivity index (χ3v) is 5.77. The van der Waals surface area contributed by atoms with E-state index in [-0.39, 0.29) is 11.8 Å². The van der Waals surface area contributed by atoms with Gasteiger partial charge in [0.25, 0.3) is 0 Å². The minimum atomic E-state index is -3.13. The van der Waals surface area contributed by atoms with Gasteiger partial charge in [-0.05, 0) is 35.8 Å². The van der Waals surface area contributed by atoms with Crippen LogP contribution in [0.1, 0.15) is 38.3 Å². The van der Waals surface area contributed by atoms with E-state index < -0.39 is 10.0 Å². The van der Waals surface area contributed by atoms with Crippen LogP contribution in [-0.4, -0.2) is 27.3 Å². The Morgan fingerprint density at radius 3 is 2.74 bits per heavy atom. The van der Waals surface area contributed by atoms with E-state index in [1.165, 1.54) is 16.3 Å². The van der Waals surface area contributed by atoms with Crippen molar-refractivity contribution in [3.63, 3.8) is 0 Å².